The van der Waals surface area contributed by atoms with Crippen LogP contribution in [0.3, 0.4) is 0 Å². The van der Waals surface area contributed by atoms with Crippen molar-refractivity contribution < 1.29 is 0 Å². The van der Waals surface area contributed by atoms with E-state index in [2.05, 4.69) is 53.3 Å². The van der Waals surface area contributed by atoms with Crippen molar-refractivity contribution in [3.8, 4) is 0 Å². The summed E-state index contributed by atoms with van der Waals surface area (Å²) in [5, 5.41) is 0. The molecule has 0 spiro atoms. The summed E-state index contributed by atoms with van der Waals surface area (Å²) < 4.78 is 0. The van der Waals surface area contributed by atoms with E-state index in [0.717, 1.165) is 24.6 Å². The summed E-state index contributed by atoms with van der Waals surface area (Å²) in [6, 6.07) is 0.832. The summed E-state index contributed by atoms with van der Waals surface area (Å²) in [6.07, 6.45) is 6.79. The monoisotopic (exact) mass is 251 g/mol. The van der Waals surface area contributed by atoms with Crippen LogP contribution in [0.1, 0.15) is 59.8 Å². The molecule has 106 valence electrons. The van der Waals surface area contributed by atoms with Crippen molar-refractivity contribution in [2.45, 2.75) is 84.9 Å². The Labute approximate surface area is 116 Å². The predicted molar refractivity (Wildman–Crippen MR) is 84.5 cm³/mol. The fourth-order valence-corrected chi connectivity index (χ4v) is 4.47. The molecule has 0 amide bonds. The largest absolute Gasteiger partial charge is 0.304 e. The van der Waals surface area contributed by atoms with E-state index in [1.165, 1.54) is 32.1 Å². The van der Waals surface area contributed by atoms with E-state index in [1.54, 1.807) is 0 Å². The maximum absolute atomic E-state index is 2.72. The number of nitrogens with zero attached hydrogens (tertiary/aromatic N) is 1. The van der Waals surface area contributed by atoms with Gasteiger partial charge in [-0.1, -0.05) is 60.6 Å². The molecule has 1 nitrogen and oxygen atoms in total. The fourth-order valence-electron chi connectivity index (χ4n) is 4.47. The van der Waals surface area contributed by atoms with Crippen molar-refractivity contribution in [1.82, 2.24) is 4.90 Å². The van der Waals surface area contributed by atoms with Gasteiger partial charge in [0.25, 0.3) is 0 Å². The molecule has 0 saturated carbocycles. The van der Waals surface area contributed by atoms with E-state index in [9.17, 15) is 0 Å². The highest BCUT2D eigenvalue weighted by Gasteiger charge is 2.53. The maximum atomic E-state index is 2.72. The average molecular weight is 251 g/mol. The third-order valence-electron chi connectivity index (χ3n) is 5.89. The maximum Gasteiger partial charge on any atom is 0.158 e. The molecule has 0 radical (unpaired) electrons. The molecule has 1 rings (SSSR count). The average Bonchev–Trinajstić information content (AvgIpc) is 2.33. The molecule has 1 aliphatic rings. The molecule has 18 heavy (non-hydrogen) atoms. The second kappa shape index (κ2) is 6.46. The summed E-state index contributed by atoms with van der Waals surface area (Å²) in [7, 11) is 2.37. The molecule has 0 aliphatic carbocycles. The van der Waals surface area contributed by atoms with Crippen molar-refractivity contribution in [1.29, 1.82) is 0 Å². The third-order valence-corrected chi connectivity index (χ3v) is 5.89. The molecular formula is C16H34BN. The van der Waals surface area contributed by atoms with Gasteiger partial charge in [0.05, 0.1) is 0 Å². The van der Waals surface area contributed by atoms with Crippen LogP contribution in [-0.4, -0.2) is 30.1 Å². The lowest BCUT2D eigenvalue weighted by Crippen LogP contribution is -2.71. The van der Waals surface area contributed by atoms with Crippen molar-refractivity contribution in [2.24, 2.45) is 11.8 Å². The second-order valence-corrected chi connectivity index (χ2v) is 6.83. The smallest absolute Gasteiger partial charge is 0.158 e. The first kappa shape index (κ1) is 16.1. The van der Waals surface area contributed by atoms with Crippen LogP contribution in [0, 0.1) is 11.8 Å². The van der Waals surface area contributed by atoms with Crippen LogP contribution in [0.25, 0.3) is 0 Å². The highest BCUT2D eigenvalue weighted by atomic mass is 15.3. The fraction of sp³-hybridized carbons (Fsp3) is 1.00. The van der Waals surface area contributed by atoms with Crippen LogP contribution < -0.4 is 0 Å². The van der Waals surface area contributed by atoms with Gasteiger partial charge in [0.1, 0.15) is 0 Å². The Balaban J connectivity index is 2.70. The molecule has 0 aromatic heterocycles. The standard InChI is InChI=1S/C16H34BN/c1-8-11-13(4)14(9-2)15-12-16(10-3,17(5)6)18(15)7/h13-15H,8-12H2,1-7H3. The first-order valence-corrected chi connectivity index (χ1v) is 8.17. The minimum absolute atomic E-state index is 0.490. The minimum atomic E-state index is 0.490. The molecule has 1 aliphatic heterocycles. The van der Waals surface area contributed by atoms with E-state index in [1.807, 2.05) is 0 Å². The lowest BCUT2D eigenvalue weighted by atomic mass is 9.34. The highest BCUT2D eigenvalue weighted by molar-refractivity contribution is 6.59. The van der Waals surface area contributed by atoms with Crippen LogP contribution in [0.5, 0.6) is 0 Å². The molecule has 4 atom stereocenters. The molecule has 1 heterocycles. The van der Waals surface area contributed by atoms with Gasteiger partial charge in [-0.25, -0.2) is 0 Å². The van der Waals surface area contributed by atoms with Crippen molar-refractivity contribution in [3.63, 3.8) is 0 Å². The Kier molecular flexibility index (Phi) is 5.77. The Morgan fingerprint density at radius 3 is 2.22 bits per heavy atom. The van der Waals surface area contributed by atoms with Gasteiger partial charge in [-0.15, -0.1) is 0 Å². The summed E-state index contributed by atoms with van der Waals surface area (Å²) in [4.78, 5) is 2.72. The Hall–Kier alpha value is 0.0249. The lowest BCUT2D eigenvalue weighted by Gasteiger charge is -2.62. The quantitative estimate of drug-likeness (QED) is 0.598. The Bertz CT molecular complexity index is 253. The van der Waals surface area contributed by atoms with Gasteiger partial charge in [-0.2, -0.15) is 0 Å². The molecule has 2 heteroatoms. The zero-order valence-electron chi connectivity index (χ0n) is 13.8. The van der Waals surface area contributed by atoms with Gasteiger partial charge < -0.3 is 4.90 Å². The van der Waals surface area contributed by atoms with Crippen LogP contribution in [-0.2, 0) is 0 Å². The predicted octanol–water partition coefficient (Wildman–Crippen LogP) is 4.60. The van der Waals surface area contributed by atoms with E-state index >= 15 is 0 Å². The molecule has 0 bridgehead atoms. The van der Waals surface area contributed by atoms with Gasteiger partial charge in [0.15, 0.2) is 6.71 Å². The van der Waals surface area contributed by atoms with E-state index in [4.69, 9.17) is 0 Å². The van der Waals surface area contributed by atoms with E-state index in [-0.39, 0.29) is 0 Å². The summed E-state index contributed by atoms with van der Waals surface area (Å²) in [6.45, 7) is 15.1. The normalized spacial score (nSPS) is 31.8. The van der Waals surface area contributed by atoms with Crippen LogP contribution in [0.15, 0.2) is 0 Å². The number of hydrogen-bond donors (Lipinski definition) is 0. The Morgan fingerprint density at radius 2 is 1.89 bits per heavy atom. The topological polar surface area (TPSA) is 3.24 Å². The summed E-state index contributed by atoms with van der Waals surface area (Å²) >= 11 is 0. The summed E-state index contributed by atoms with van der Waals surface area (Å²) in [5.41, 5.74) is 0.490. The third kappa shape index (κ3) is 2.64. The minimum Gasteiger partial charge on any atom is -0.304 e. The van der Waals surface area contributed by atoms with Gasteiger partial charge in [0.2, 0.25) is 0 Å². The van der Waals surface area contributed by atoms with E-state index < -0.39 is 0 Å². The lowest BCUT2D eigenvalue weighted by molar-refractivity contribution is -0.0468. The van der Waals surface area contributed by atoms with Gasteiger partial charge in [-0.05, 0) is 37.2 Å². The molecule has 1 fully saturated rings. The van der Waals surface area contributed by atoms with Crippen LogP contribution in [0.2, 0.25) is 13.6 Å². The molecular weight excluding hydrogens is 217 g/mol. The number of hydrogen-bond acceptors (Lipinski definition) is 1. The van der Waals surface area contributed by atoms with Crippen molar-refractivity contribution in [3.05, 3.63) is 0 Å². The van der Waals surface area contributed by atoms with Crippen molar-refractivity contribution in [2.75, 3.05) is 7.05 Å². The summed E-state index contributed by atoms with van der Waals surface area (Å²) in [5.74, 6) is 1.78. The molecule has 0 aromatic carbocycles. The number of rotatable bonds is 7. The molecule has 1 saturated heterocycles. The van der Waals surface area contributed by atoms with E-state index in [0.29, 0.717) is 5.44 Å². The van der Waals surface area contributed by atoms with Crippen molar-refractivity contribution >= 4 is 6.71 Å². The zero-order valence-corrected chi connectivity index (χ0v) is 13.8. The first-order valence-electron chi connectivity index (χ1n) is 8.17. The number of likely N-dealkylation sites (tertiary alicyclic amines) is 1. The second-order valence-electron chi connectivity index (χ2n) is 6.83. The first-order chi connectivity index (χ1) is 8.44. The van der Waals surface area contributed by atoms with Gasteiger partial charge >= 0.3 is 0 Å². The van der Waals surface area contributed by atoms with Crippen LogP contribution >= 0.6 is 0 Å². The molecule has 0 N–H and O–H groups in total. The van der Waals surface area contributed by atoms with Gasteiger partial charge in [0, 0.05) is 6.04 Å². The highest BCUT2D eigenvalue weighted by Crippen LogP contribution is 2.46. The zero-order chi connectivity index (χ0) is 13.9. The molecule has 4 unspecified atom stereocenters. The SMILES string of the molecule is CCCC(C)C(CC)C1CC(CC)(B(C)C)N1C. The Morgan fingerprint density at radius 1 is 1.28 bits per heavy atom. The van der Waals surface area contributed by atoms with Gasteiger partial charge in [-0.3, -0.25) is 0 Å². The van der Waals surface area contributed by atoms with Crippen LogP contribution in [0.4, 0.5) is 0 Å². The molecule has 0 aromatic rings.